The Bertz CT molecular complexity index is 596. The molecular formula is C15H13BrClNO. The molecule has 0 saturated heterocycles. The predicted molar refractivity (Wildman–Crippen MR) is 83.2 cm³/mol. The highest BCUT2D eigenvalue weighted by Crippen LogP contribution is 2.22. The highest BCUT2D eigenvalue weighted by atomic mass is 79.9. The first kappa shape index (κ1) is 14.1. The number of benzene rings is 2. The molecule has 0 heterocycles. The van der Waals surface area contributed by atoms with Crippen molar-refractivity contribution in [3.63, 3.8) is 0 Å². The number of hydrogen-bond donors (Lipinski definition) is 1. The van der Waals surface area contributed by atoms with E-state index < -0.39 is 0 Å². The minimum absolute atomic E-state index is 0.0480. The first-order chi connectivity index (χ1) is 9.08. The predicted octanol–water partition coefficient (Wildman–Crippen LogP) is 4.71. The molecule has 1 N–H and O–H groups in total. The standard InChI is InChI=1S/C15H13BrClNO/c1-10-13(17)3-2-4-14(10)18-9-15(19)11-5-7-12(16)8-6-11/h2-8,18H,9H2,1H3. The van der Waals surface area contributed by atoms with Crippen molar-refractivity contribution in [3.05, 3.63) is 63.1 Å². The number of Topliss-reactive ketones (excluding diaryl/α,β-unsaturated/α-hetero) is 1. The molecule has 2 rings (SSSR count). The average Bonchev–Trinajstić information content (AvgIpc) is 2.41. The maximum absolute atomic E-state index is 12.0. The van der Waals surface area contributed by atoms with E-state index in [9.17, 15) is 4.79 Å². The monoisotopic (exact) mass is 337 g/mol. The Kier molecular flexibility index (Phi) is 4.61. The van der Waals surface area contributed by atoms with Gasteiger partial charge in [-0.15, -0.1) is 0 Å². The summed E-state index contributed by atoms with van der Waals surface area (Å²) in [4.78, 5) is 12.0. The molecule has 98 valence electrons. The van der Waals surface area contributed by atoms with Gasteiger partial charge in [0.2, 0.25) is 0 Å². The molecule has 0 unspecified atom stereocenters. The lowest BCUT2D eigenvalue weighted by Gasteiger charge is -2.10. The molecule has 0 aliphatic heterocycles. The summed E-state index contributed by atoms with van der Waals surface area (Å²) in [5.41, 5.74) is 2.53. The summed E-state index contributed by atoms with van der Waals surface area (Å²) in [5.74, 6) is 0.0480. The molecule has 4 heteroatoms. The number of hydrogen-bond acceptors (Lipinski definition) is 2. The first-order valence-electron chi connectivity index (χ1n) is 5.85. The van der Waals surface area contributed by atoms with Crippen molar-refractivity contribution in [1.82, 2.24) is 0 Å². The normalized spacial score (nSPS) is 10.3. The molecule has 0 saturated carbocycles. The molecule has 0 radical (unpaired) electrons. The zero-order valence-electron chi connectivity index (χ0n) is 10.4. The molecule has 0 atom stereocenters. The fourth-order valence-electron chi connectivity index (χ4n) is 1.71. The van der Waals surface area contributed by atoms with Crippen molar-refractivity contribution >= 4 is 39.0 Å². The second-order valence-electron chi connectivity index (χ2n) is 4.20. The Morgan fingerprint density at radius 1 is 1.21 bits per heavy atom. The van der Waals surface area contributed by atoms with Crippen LogP contribution >= 0.6 is 27.5 Å². The van der Waals surface area contributed by atoms with Crippen LogP contribution in [0.5, 0.6) is 0 Å². The van der Waals surface area contributed by atoms with E-state index in [4.69, 9.17) is 11.6 Å². The molecule has 0 bridgehead atoms. The number of halogens is 2. The van der Waals surface area contributed by atoms with E-state index in [1.807, 2.05) is 37.3 Å². The van der Waals surface area contributed by atoms with Gasteiger partial charge in [-0.2, -0.15) is 0 Å². The van der Waals surface area contributed by atoms with Gasteiger partial charge >= 0.3 is 0 Å². The van der Waals surface area contributed by atoms with Crippen LogP contribution in [-0.2, 0) is 0 Å². The van der Waals surface area contributed by atoms with Gasteiger partial charge in [-0.3, -0.25) is 4.79 Å². The molecule has 0 aromatic heterocycles. The number of ketones is 1. The lowest BCUT2D eigenvalue weighted by atomic mass is 10.1. The quantitative estimate of drug-likeness (QED) is 0.818. The van der Waals surface area contributed by atoms with E-state index in [2.05, 4.69) is 21.2 Å². The third-order valence-electron chi connectivity index (χ3n) is 2.87. The number of carbonyl (C=O) groups is 1. The van der Waals surface area contributed by atoms with Crippen LogP contribution in [0, 0.1) is 6.92 Å². The minimum Gasteiger partial charge on any atom is -0.377 e. The van der Waals surface area contributed by atoms with Crippen LogP contribution in [0.15, 0.2) is 46.9 Å². The molecular weight excluding hydrogens is 326 g/mol. The van der Waals surface area contributed by atoms with Crippen LogP contribution < -0.4 is 5.32 Å². The van der Waals surface area contributed by atoms with E-state index in [-0.39, 0.29) is 12.3 Å². The molecule has 0 amide bonds. The smallest absolute Gasteiger partial charge is 0.181 e. The van der Waals surface area contributed by atoms with Crippen LogP contribution in [0.2, 0.25) is 5.02 Å². The molecule has 0 spiro atoms. The summed E-state index contributed by atoms with van der Waals surface area (Å²) >= 11 is 9.38. The second kappa shape index (κ2) is 6.22. The van der Waals surface area contributed by atoms with Crippen LogP contribution in [0.1, 0.15) is 15.9 Å². The van der Waals surface area contributed by atoms with Crippen molar-refractivity contribution in [2.75, 3.05) is 11.9 Å². The van der Waals surface area contributed by atoms with Gasteiger partial charge in [0.05, 0.1) is 6.54 Å². The average molecular weight is 339 g/mol. The fourth-order valence-corrected chi connectivity index (χ4v) is 2.15. The summed E-state index contributed by atoms with van der Waals surface area (Å²) < 4.78 is 0.961. The molecule has 2 aromatic carbocycles. The summed E-state index contributed by atoms with van der Waals surface area (Å²) in [7, 11) is 0. The number of rotatable bonds is 4. The van der Waals surface area contributed by atoms with E-state index in [1.54, 1.807) is 12.1 Å². The zero-order chi connectivity index (χ0) is 13.8. The van der Waals surface area contributed by atoms with Crippen molar-refractivity contribution in [3.8, 4) is 0 Å². The highest BCUT2D eigenvalue weighted by Gasteiger charge is 2.07. The topological polar surface area (TPSA) is 29.1 Å². The van der Waals surface area contributed by atoms with Crippen molar-refractivity contribution in [2.24, 2.45) is 0 Å². The van der Waals surface area contributed by atoms with Gasteiger partial charge in [0.1, 0.15) is 0 Å². The maximum Gasteiger partial charge on any atom is 0.181 e. The van der Waals surface area contributed by atoms with Crippen molar-refractivity contribution in [2.45, 2.75) is 6.92 Å². The Morgan fingerprint density at radius 2 is 1.89 bits per heavy atom. The van der Waals surface area contributed by atoms with E-state index in [0.717, 1.165) is 15.7 Å². The molecule has 0 fully saturated rings. The summed E-state index contributed by atoms with van der Waals surface area (Å²) in [6, 6.07) is 12.9. The van der Waals surface area contributed by atoms with Gasteiger partial charge in [-0.05, 0) is 36.8 Å². The second-order valence-corrected chi connectivity index (χ2v) is 5.52. The Balaban J connectivity index is 2.04. The summed E-state index contributed by atoms with van der Waals surface area (Å²) in [6.07, 6.45) is 0. The third kappa shape index (κ3) is 3.58. The Morgan fingerprint density at radius 3 is 2.58 bits per heavy atom. The largest absolute Gasteiger partial charge is 0.377 e. The Labute approximate surface area is 125 Å². The lowest BCUT2D eigenvalue weighted by Crippen LogP contribution is -2.14. The molecule has 19 heavy (non-hydrogen) atoms. The van der Waals surface area contributed by atoms with Gasteiger partial charge < -0.3 is 5.32 Å². The SMILES string of the molecule is Cc1c(Cl)cccc1NCC(=O)c1ccc(Br)cc1. The molecule has 0 aliphatic carbocycles. The number of carbonyl (C=O) groups excluding carboxylic acids is 1. The van der Waals surface area contributed by atoms with E-state index in [0.29, 0.717) is 10.6 Å². The summed E-state index contributed by atoms with van der Waals surface area (Å²) in [5, 5.41) is 3.82. The fraction of sp³-hybridized carbons (Fsp3) is 0.133. The minimum atomic E-state index is 0.0480. The van der Waals surface area contributed by atoms with Gasteiger partial charge in [-0.1, -0.05) is 45.7 Å². The van der Waals surface area contributed by atoms with Crippen molar-refractivity contribution < 1.29 is 4.79 Å². The van der Waals surface area contributed by atoms with Gasteiger partial charge in [0.15, 0.2) is 5.78 Å². The van der Waals surface area contributed by atoms with Crippen LogP contribution in [-0.4, -0.2) is 12.3 Å². The first-order valence-corrected chi connectivity index (χ1v) is 7.03. The van der Waals surface area contributed by atoms with Gasteiger partial charge in [-0.25, -0.2) is 0 Å². The van der Waals surface area contributed by atoms with Crippen LogP contribution in [0.25, 0.3) is 0 Å². The molecule has 2 aromatic rings. The molecule has 0 aliphatic rings. The van der Waals surface area contributed by atoms with E-state index in [1.165, 1.54) is 0 Å². The lowest BCUT2D eigenvalue weighted by molar-refractivity contribution is 0.101. The van der Waals surface area contributed by atoms with Crippen molar-refractivity contribution in [1.29, 1.82) is 0 Å². The molecule has 2 nitrogen and oxygen atoms in total. The van der Waals surface area contributed by atoms with Gasteiger partial charge in [0.25, 0.3) is 0 Å². The summed E-state index contributed by atoms with van der Waals surface area (Å²) in [6.45, 7) is 2.18. The van der Waals surface area contributed by atoms with Crippen LogP contribution in [0.3, 0.4) is 0 Å². The third-order valence-corrected chi connectivity index (χ3v) is 3.81. The zero-order valence-corrected chi connectivity index (χ0v) is 12.8. The maximum atomic E-state index is 12.0. The van der Waals surface area contributed by atoms with Gasteiger partial charge in [0, 0.05) is 20.7 Å². The van der Waals surface area contributed by atoms with Crippen LogP contribution in [0.4, 0.5) is 5.69 Å². The highest BCUT2D eigenvalue weighted by molar-refractivity contribution is 9.10. The number of nitrogens with one attached hydrogen (secondary N) is 1. The Hall–Kier alpha value is -1.32. The van der Waals surface area contributed by atoms with E-state index >= 15 is 0 Å². The number of anilines is 1.